The molecule has 3 rings (SSSR count). The largest absolute Gasteiger partial charge is 0.485 e. The fourth-order valence-corrected chi connectivity index (χ4v) is 2.70. The normalized spacial score (nSPS) is 10.4. The van der Waals surface area contributed by atoms with Crippen LogP contribution in [0.15, 0.2) is 79.0 Å². The Bertz CT molecular complexity index is 864. The Morgan fingerprint density at radius 3 is 1.78 bits per heavy atom. The van der Waals surface area contributed by atoms with Crippen molar-refractivity contribution in [3.8, 4) is 11.5 Å². The van der Waals surface area contributed by atoms with E-state index in [0.717, 1.165) is 28.0 Å². The Kier molecular flexibility index (Phi) is 7.78. The molecule has 4 heteroatoms. The number of ether oxygens (including phenoxy) is 2. The van der Waals surface area contributed by atoms with Crippen LogP contribution >= 0.6 is 12.4 Å². The monoisotopic (exact) mass is 381 g/mol. The van der Waals surface area contributed by atoms with Crippen molar-refractivity contribution in [2.45, 2.75) is 20.1 Å². The van der Waals surface area contributed by atoms with E-state index in [4.69, 9.17) is 15.2 Å². The van der Waals surface area contributed by atoms with E-state index >= 15 is 0 Å². The molecule has 27 heavy (non-hydrogen) atoms. The van der Waals surface area contributed by atoms with Gasteiger partial charge in [-0.3, -0.25) is 0 Å². The Morgan fingerprint density at radius 1 is 0.741 bits per heavy atom. The summed E-state index contributed by atoms with van der Waals surface area (Å²) in [6.45, 7) is 2.97. The van der Waals surface area contributed by atoms with Crippen LogP contribution in [0.1, 0.15) is 22.3 Å². The van der Waals surface area contributed by atoms with Gasteiger partial charge in [0, 0.05) is 5.56 Å². The summed E-state index contributed by atoms with van der Waals surface area (Å²) in [6.07, 6.45) is 3.34. The highest BCUT2D eigenvalue weighted by Gasteiger charge is 2.14. The lowest BCUT2D eigenvalue weighted by Crippen LogP contribution is -2.03. The molecule has 3 aromatic carbocycles. The molecule has 0 aliphatic rings. The smallest absolute Gasteiger partial charge is 0.169 e. The summed E-state index contributed by atoms with van der Waals surface area (Å²) in [7, 11) is 0. The maximum atomic E-state index is 6.14. The van der Waals surface area contributed by atoms with Gasteiger partial charge in [0.15, 0.2) is 11.5 Å². The van der Waals surface area contributed by atoms with Crippen molar-refractivity contribution in [1.82, 2.24) is 0 Å². The number of hydrogen-bond donors (Lipinski definition) is 1. The van der Waals surface area contributed by atoms with Gasteiger partial charge in [0.1, 0.15) is 13.2 Å². The van der Waals surface area contributed by atoms with Gasteiger partial charge in [-0.15, -0.1) is 12.4 Å². The molecule has 2 N–H and O–H groups in total. The van der Waals surface area contributed by atoms with Crippen molar-refractivity contribution < 1.29 is 9.47 Å². The first-order chi connectivity index (χ1) is 12.8. The average molecular weight is 382 g/mol. The summed E-state index contributed by atoms with van der Waals surface area (Å²) < 4.78 is 12.3. The van der Waals surface area contributed by atoms with Gasteiger partial charge >= 0.3 is 0 Å². The fraction of sp³-hybridized carbons (Fsp3) is 0.130. The molecule has 0 radical (unpaired) electrons. The zero-order chi connectivity index (χ0) is 18.2. The lowest BCUT2D eigenvalue weighted by Gasteiger charge is -2.17. The van der Waals surface area contributed by atoms with Gasteiger partial charge in [0.05, 0.1) is 0 Å². The van der Waals surface area contributed by atoms with Gasteiger partial charge in [-0.05, 0) is 35.9 Å². The molecule has 0 saturated carbocycles. The predicted octanol–water partition coefficient (Wildman–Crippen LogP) is 5.50. The first kappa shape index (κ1) is 20.4. The first-order valence-corrected chi connectivity index (χ1v) is 8.63. The highest BCUT2D eigenvalue weighted by atomic mass is 35.5. The molecule has 3 nitrogen and oxygen atoms in total. The Hall–Kier alpha value is -2.91. The van der Waals surface area contributed by atoms with Gasteiger partial charge in [0.2, 0.25) is 0 Å². The summed E-state index contributed by atoms with van der Waals surface area (Å²) in [5.41, 5.74) is 9.75. The van der Waals surface area contributed by atoms with E-state index in [1.807, 2.05) is 85.8 Å². The van der Waals surface area contributed by atoms with Crippen LogP contribution in [0.25, 0.3) is 6.08 Å². The summed E-state index contributed by atoms with van der Waals surface area (Å²) in [6, 6.07) is 24.2. The number of nitrogens with two attached hydrogens (primary N) is 1. The minimum absolute atomic E-state index is 0. The van der Waals surface area contributed by atoms with Crippen molar-refractivity contribution >= 4 is 18.5 Å². The van der Waals surface area contributed by atoms with Crippen molar-refractivity contribution in [3.05, 3.63) is 101 Å². The van der Waals surface area contributed by atoms with Crippen molar-refractivity contribution in [3.63, 3.8) is 0 Å². The van der Waals surface area contributed by atoms with Crippen molar-refractivity contribution in [1.29, 1.82) is 0 Å². The molecular formula is C23H24ClNO2. The molecule has 0 unspecified atom stereocenters. The molecule has 0 saturated heterocycles. The minimum atomic E-state index is 0. The second-order valence-electron chi connectivity index (χ2n) is 6.04. The highest BCUT2D eigenvalue weighted by Crippen LogP contribution is 2.36. The van der Waals surface area contributed by atoms with E-state index in [0.29, 0.717) is 19.0 Å². The van der Waals surface area contributed by atoms with Crippen LogP contribution < -0.4 is 15.2 Å². The molecule has 0 spiro atoms. The quantitative estimate of drug-likeness (QED) is 0.587. The molecule has 0 bridgehead atoms. The molecular weight excluding hydrogens is 358 g/mol. The molecule has 0 fully saturated rings. The van der Waals surface area contributed by atoms with Crippen LogP contribution in [0.2, 0.25) is 0 Å². The lowest BCUT2D eigenvalue weighted by molar-refractivity contribution is 0.254. The molecule has 0 aliphatic heterocycles. The van der Waals surface area contributed by atoms with Crippen molar-refractivity contribution in [2.24, 2.45) is 5.73 Å². The molecule has 140 valence electrons. The third-order valence-corrected chi connectivity index (χ3v) is 4.07. The molecule has 0 atom stereocenters. The maximum absolute atomic E-state index is 6.14. The standard InChI is InChI=1S/C23H23NO2.ClH/c1-18-12-13-21(14-15-24)23(26-17-20-10-6-3-7-11-20)22(18)25-16-19-8-4-2-5-9-19;/h2-15H,16-17,24H2,1H3;1H/b15-14+;. The second-order valence-corrected chi connectivity index (χ2v) is 6.04. The molecule has 0 aromatic heterocycles. The summed E-state index contributed by atoms with van der Waals surface area (Å²) >= 11 is 0. The highest BCUT2D eigenvalue weighted by molar-refractivity contribution is 5.85. The van der Waals surface area contributed by atoms with E-state index in [9.17, 15) is 0 Å². The number of benzene rings is 3. The zero-order valence-corrected chi connectivity index (χ0v) is 16.1. The van der Waals surface area contributed by atoms with Crippen LogP contribution in [0, 0.1) is 6.92 Å². The summed E-state index contributed by atoms with van der Waals surface area (Å²) in [4.78, 5) is 0. The average Bonchev–Trinajstić information content (AvgIpc) is 2.69. The third kappa shape index (κ3) is 5.53. The molecule has 0 aliphatic carbocycles. The van der Waals surface area contributed by atoms with Gasteiger partial charge in [-0.1, -0.05) is 72.8 Å². The zero-order valence-electron chi connectivity index (χ0n) is 15.3. The second kappa shape index (κ2) is 10.3. The lowest BCUT2D eigenvalue weighted by atomic mass is 10.1. The van der Waals surface area contributed by atoms with E-state index in [1.165, 1.54) is 6.20 Å². The van der Waals surface area contributed by atoms with Crippen LogP contribution in [0.5, 0.6) is 11.5 Å². The first-order valence-electron chi connectivity index (χ1n) is 8.63. The Balaban J connectivity index is 0.00000261. The fourth-order valence-electron chi connectivity index (χ4n) is 2.70. The molecule has 0 heterocycles. The van der Waals surface area contributed by atoms with E-state index < -0.39 is 0 Å². The van der Waals surface area contributed by atoms with E-state index in [1.54, 1.807) is 0 Å². The summed E-state index contributed by atoms with van der Waals surface area (Å²) in [5.74, 6) is 1.46. The Labute approximate surface area is 166 Å². The van der Waals surface area contributed by atoms with Gasteiger partial charge in [0.25, 0.3) is 0 Å². The number of rotatable bonds is 7. The van der Waals surface area contributed by atoms with Crippen LogP contribution in [-0.2, 0) is 13.2 Å². The Morgan fingerprint density at radius 2 is 1.26 bits per heavy atom. The maximum Gasteiger partial charge on any atom is 0.169 e. The van der Waals surface area contributed by atoms with E-state index in [2.05, 4.69) is 0 Å². The van der Waals surface area contributed by atoms with Crippen LogP contribution in [0.3, 0.4) is 0 Å². The predicted molar refractivity (Wildman–Crippen MR) is 113 cm³/mol. The summed E-state index contributed by atoms with van der Waals surface area (Å²) in [5, 5.41) is 0. The van der Waals surface area contributed by atoms with Crippen LogP contribution in [-0.4, -0.2) is 0 Å². The van der Waals surface area contributed by atoms with Gasteiger partial charge < -0.3 is 15.2 Å². The molecule has 0 amide bonds. The minimum Gasteiger partial charge on any atom is -0.485 e. The third-order valence-electron chi connectivity index (χ3n) is 4.07. The number of halogens is 1. The number of aryl methyl sites for hydroxylation is 1. The van der Waals surface area contributed by atoms with E-state index in [-0.39, 0.29) is 12.4 Å². The van der Waals surface area contributed by atoms with Crippen LogP contribution in [0.4, 0.5) is 0 Å². The number of hydrogen-bond acceptors (Lipinski definition) is 3. The SMILES string of the molecule is Cc1ccc(/C=C/N)c(OCc2ccccc2)c1OCc1ccccc1.Cl. The molecule has 3 aromatic rings. The topological polar surface area (TPSA) is 44.5 Å². The van der Waals surface area contributed by atoms with Gasteiger partial charge in [-0.2, -0.15) is 0 Å². The van der Waals surface area contributed by atoms with Crippen molar-refractivity contribution in [2.75, 3.05) is 0 Å². The van der Waals surface area contributed by atoms with Gasteiger partial charge in [-0.25, -0.2) is 0 Å².